The van der Waals surface area contributed by atoms with Gasteiger partial charge in [0.2, 0.25) is 0 Å². The molecule has 1 aromatic carbocycles. The molecular weight excluding hydrogens is 260 g/mol. The molecule has 0 amide bonds. The van der Waals surface area contributed by atoms with E-state index in [-0.39, 0.29) is 5.41 Å². The van der Waals surface area contributed by atoms with E-state index in [0.29, 0.717) is 6.04 Å². The number of nitrogens with one attached hydrogen (secondary N) is 1. The van der Waals surface area contributed by atoms with Gasteiger partial charge in [-0.05, 0) is 25.6 Å². The molecule has 120 valence electrons. The van der Waals surface area contributed by atoms with Crippen LogP contribution in [0.3, 0.4) is 0 Å². The Kier molecular flexibility index (Phi) is 7.94. The molecule has 3 nitrogen and oxygen atoms in total. The van der Waals surface area contributed by atoms with Crippen molar-refractivity contribution in [3.8, 4) is 0 Å². The summed E-state index contributed by atoms with van der Waals surface area (Å²) in [7, 11) is 1.78. The molecule has 1 N–H and O–H groups in total. The molecule has 0 saturated carbocycles. The molecule has 0 fully saturated rings. The largest absolute Gasteiger partial charge is 0.383 e. The van der Waals surface area contributed by atoms with Crippen LogP contribution >= 0.6 is 0 Å². The van der Waals surface area contributed by atoms with E-state index >= 15 is 0 Å². The van der Waals surface area contributed by atoms with Crippen molar-refractivity contribution < 1.29 is 4.74 Å². The summed E-state index contributed by atoms with van der Waals surface area (Å²) < 4.78 is 5.33. The SMILES string of the molecule is CCNCC(C)(CN(CC)C(C)COC)c1ccccc1. The molecule has 0 saturated heterocycles. The lowest BCUT2D eigenvalue weighted by molar-refractivity contribution is 0.0871. The number of hydrogen-bond donors (Lipinski definition) is 1. The second kappa shape index (κ2) is 9.19. The first kappa shape index (κ1) is 18.1. The molecule has 21 heavy (non-hydrogen) atoms. The van der Waals surface area contributed by atoms with Gasteiger partial charge in [0.25, 0.3) is 0 Å². The molecule has 0 radical (unpaired) electrons. The Hall–Kier alpha value is -0.900. The summed E-state index contributed by atoms with van der Waals surface area (Å²) in [6, 6.07) is 11.3. The van der Waals surface area contributed by atoms with Gasteiger partial charge in [-0.1, -0.05) is 51.1 Å². The van der Waals surface area contributed by atoms with Crippen LogP contribution in [0.15, 0.2) is 30.3 Å². The van der Waals surface area contributed by atoms with E-state index in [4.69, 9.17) is 4.74 Å². The number of rotatable bonds is 10. The van der Waals surface area contributed by atoms with Crippen molar-refractivity contribution in [2.75, 3.05) is 39.9 Å². The highest BCUT2D eigenvalue weighted by atomic mass is 16.5. The molecule has 0 aliphatic heterocycles. The summed E-state index contributed by atoms with van der Waals surface area (Å²) in [5, 5.41) is 3.53. The van der Waals surface area contributed by atoms with Gasteiger partial charge in [-0.15, -0.1) is 0 Å². The Labute approximate surface area is 130 Å². The van der Waals surface area contributed by atoms with Crippen LogP contribution in [0, 0.1) is 0 Å². The molecule has 0 aliphatic carbocycles. The van der Waals surface area contributed by atoms with Gasteiger partial charge in [0.1, 0.15) is 0 Å². The fourth-order valence-corrected chi connectivity index (χ4v) is 2.86. The Morgan fingerprint density at radius 3 is 2.43 bits per heavy atom. The van der Waals surface area contributed by atoms with Gasteiger partial charge in [-0.3, -0.25) is 4.90 Å². The topological polar surface area (TPSA) is 24.5 Å². The van der Waals surface area contributed by atoms with Gasteiger partial charge in [0, 0.05) is 31.7 Å². The first-order valence-electron chi connectivity index (χ1n) is 8.06. The third-order valence-corrected chi connectivity index (χ3v) is 4.23. The molecule has 1 rings (SSSR count). The Balaban J connectivity index is 2.91. The van der Waals surface area contributed by atoms with Gasteiger partial charge < -0.3 is 10.1 Å². The predicted molar refractivity (Wildman–Crippen MR) is 90.9 cm³/mol. The molecule has 3 heteroatoms. The first-order valence-corrected chi connectivity index (χ1v) is 8.06. The lowest BCUT2D eigenvalue weighted by atomic mass is 9.81. The maximum atomic E-state index is 5.33. The van der Waals surface area contributed by atoms with Crippen LogP contribution in [0.2, 0.25) is 0 Å². The third-order valence-electron chi connectivity index (χ3n) is 4.23. The molecule has 2 atom stereocenters. The quantitative estimate of drug-likeness (QED) is 0.717. The summed E-state index contributed by atoms with van der Waals surface area (Å²) in [4.78, 5) is 2.51. The number of methoxy groups -OCH3 is 1. The average molecular weight is 292 g/mol. The van der Waals surface area contributed by atoms with E-state index in [1.165, 1.54) is 5.56 Å². The van der Waals surface area contributed by atoms with Gasteiger partial charge >= 0.3 is 0 Å². The van der Waals surface area contributed by atoms with Crippen molar-refractivity contribution in [2.24, 2.45) is 0 Å². The second-order valence-corrected chi connectivity index (χ2v) is 6.07. The van der Waals surface area contributed by atoms with E-state index < -0.39 is 0 Å². The molecule has 0 bridgehead atoms. The summed E-state index contributed by atoms with van der Waals surface area (Å²) in [6.45, 7) is 13.8. The number of benzene rings is 1. The molecule has 0 heterocycles. The minimum atomic E-state index is 0.106. The van der Waals surface area contributed by atoms with Crippen LogP contribution in [-0.2, 0) is 10.2 Å². The molecule has 0 aliphatic rings. The number of likely N-dealkylation sites (N-methyl/N-ethyl adjacent to an activating group) is 2. The van der Waals surface area contributed by atoms with Crippen molar-refractivity contribution >= 4 is 0 Å². The normalized spacial score (nSPS) is 15.9. The van der Waals surface area contributed by atoms with E-state index in [1.54, 1.807) is 7.11 Å². The summed E-state index contributed by atoms with van der Waals surface area (Å²) >= 11 is 0. The number of ether oxygens (including phenoxy) is 1. The summed E-state index contributed by atoms with van der Waals surface area (Å²) in [5.74, 6) is 0. The van der Waals surface area contributed by atoms with Crippen LogP contribution in [0.5, 0.6) is 0 Å². The van der Waals surface area contributed by atoms with Crippen molar-refractivity contribution in [1.82, 2.24) is 10.2 Å². The Bertz CT molecular complexity index is 382. The minimum Gasteiger partial charge on any atom is -0.383 e. The fourth-order valence-electron chi connectivity index (χ4n) is 2.86. The zero-order valence-electron chi connectivity index (χ0n) is 14.4. The molecular formula is C18H32N2O. The highest BCUT2D eigenvalue weighted by molar-refractivity contribution is 5.25. The number of hydrogen-bond acceptors (Lipinski definition) is 3. The minimum absolute atomic E-state index is 0.106. The van der Waals surface area contributed by atoms with Gasteiger partial charge in [0.05, 0.1) is 6.61 Å². The maximum absolute atomic E-state index is 5.33. The second-order valence-electron chi connectivity index (χ2n) is 6.07. The highest BCUT2D eigenvalue weighted by Crippen LogP contribution is 2.25. The molecule has 0 aromatic heterocycles. The third kappa shape index (κ3) is 5.42. The summed E-state index contributed by atoms with van der Waals surface area (Å²) in [5.41, 5.74) is 1.50. The van der Waals surface area contributed by atoms with Crippen LogP contribution in [0.1, 0.15) is 33.3 Å². The lowest BCUT2D eigenvalue weighted by Crippen LogP contribution is -2.49. The van der Waals surface area contributed by atoms with Crippen LogP contribution < -0.4 is 5.32 Å². The van der Waals surface area contributed by atoms with Gasteiger partial charge in [0.15, 0.2) is 0 Å². The van der Waals surface area contributed by atoms with Crippen molar-refractivity contribution in [3.63, 3.8) is 0 Å². The van der Waals surface area contributed by atoms with Crippen molar-refractivity contribution in [1.29, 1.82) is 0 Å². The smallest absolute Gasteiger partial charge is 0.0615 e. The molecule has 2 unspecified atom stereocenters. The lowest BCUT2D eigenvalue weighted by Gasteiger charge is -2.38. The highest BCUT2D eigenvalue weighted by Gasteiger charge is 2.30. The standard InChI is InChI=1S/C18H32N2O/c1-6-19-14-18(4,17-11-9-8-10-12-17)15-20(7-2)16(3)13-21-5/h8-12,16,19H,6-7,13-15H2,1-5H3. The van der Waals surface area contributed by atoms with Crippen LogP contribution in [-0.4, -0.2) is 50.8 Å². The Morgan fingerprint density at radius 2 is 1.90 bits per heavy atom. The van der Waals surface area contributed by atoms with E-state index in [1.807, 2.05) is 0 Å². The first-order chi connectivity index (χ1) is 10.1. The fraction of sp³-hybridized carbons (Fsp3) is 0.667. The predicted octanol–water partition coefficient (Wildman–Crippen LogP) is 2.91. The van der Waals surface area contributed by atoms with Gasteiger partial charge in [-0.2, -0.15) is 0 Å². The van der Waals surface area contributed by atoms with Crippen LogP contribution in [0.25, 0.3) is 0 Å². The van der Waals surface area contributed by atoms with E-state index in [2.05, 4.69) is 68.2 Å². The Morgan fingerprint density at radius 1 is 1.24 bits per heavy atom. The zero-order valence-corrected chi connectivity index (χ0v) is 14.4. The average Bonchev–Trinajstić information content (AvgIpc) is 2.51. The van der Waals surface area contributed by atoms with E-state index in [9.17, 15) is 0 Å². The van der Waals surface area contributed by atoms with Crippen molar-refractivity contribution in [3.05, 3.63) is 35.9 Å². The molecule has 0 spiro atoms. The van der Waals surface area contributed by atoms with Crippen molar-refractivity contribution in [2.45, 2.75) is 39.2 Å². The summed E-state index contributed by atoms with van der Waals surface area (Å²) in [6.07, 6.45) is 0. The number of nitrogens with zero attached hydrogens (tertiary/aromatic N) is 1. The monoisotopic (exact) mass is 292 g/mol. The zero-order chi connectivity index (χ0) is 15.7. The maximum Gasteiger partial charge on any atom is 0.0615 e. The molecule has 1 aromatic rings. The van der Waals surface area contributed by atoms with Gasteiger partial charge in [-0.25, -0.2) is 0 Å². The van der Waals surface area contributed by atoms with Crippen LogP contribution in [0.4, 0.5) is 0 Å². The van der Waals surface area contributed by atoms with E-state index in [0.717, 1.165) is 32.8 Å².